The smallest absolute Gasteiger partial charge is 0.314 e. The van der Waals surface area contributed by atoms with Crippen LogP contribution in [0.25, 0.3) is 0 Å². The molecule has 17 heavy (non-hydrogen) atoms. The van der Waals surface area contributed by atoms with Gasteiger partial charge in [0.05, 0.1) is 4.92 Å². The number of para-hydroxylation sites is 1. The number of nitro groups is 1. The Kier molecular flexibility index (Phi) is 3.53. The summed E-state index contributed by atoms with van der Waals surface area (Å²) in [5.74, 6) is -0.948. The van der Waals surface area contributed by atoms with Gasteiger partial charge in [-0.25, -0.2) is 4.39 Å². The van der Waals surface area contributed by atoms with Crippen LogP contribution in [0.2, 0.25) is 0 Å². The molecule has 1 aliphatic rings. The number of nitro benzene ring substituents is 1. The van der Waals surface area contributed by atoms with Gasteiger partial charge in [-0.2, -0.15) is 0 Å². The lowest BCUT2D eigenvalue weighted by Crippen LogP contribution is -2.37. The van der Waals surface area contributed by atoms with Gasteiger partial charge in [-0.15, -0.1) is 0 Å². The van der Waals surface area contributed by atoms with Crippen molar-refractivity contribution in [3.05, 3.63) is 34.1 Å². The second kappa shape index (κ2) is 5.09. The van der Waals surface area contributed by atoms with Crippen molar-refractivity contribution in [2.75, 3.05) is 13.1 Å². The molecule has 1 fully saturated rings. The van der Waals surface area contributed by atoms with Gasteiger partial charge in [0.1, 0.15) is 6.10 Å². The van der Waals surface area contributed by atoms with Crippen LogP contribution in [-0.4, -0.2) is 24.1 Å². The lowest BCUT2D eigenvalue weighted by Gasteiger charge is -2.23. The summed E-state index contributed by atoms with van der Waals surface area (Å²) in [6.45, 7) is 1.49. The zero-order valence-electron chi connectivity index (χ0n) is 9.19. The van der Waals surface area contributed by atoms with Crippen LogP contribution in [0.1, 0.15) is 12.8 Å². The molecule has 0 saturated carbocycles. The highest BCUT2D eigenvalue weighted by molar-refractivity contribution is 5.47. The second-order valence-electron chi connectivity index (χ2n) is 3.93. The average molecular weight is 240 g/mol. The van der Waals surface area contributed by atoms with E-state index in [4.69, 9.17) is 4.74 Å². The lowest BCUT2D eigenvalue weighted by molar-refractivity contribution is -0.386. The lowest BCUT2D eigenvalue weighted by atomic mass is 10.1. The number of nitrogens with zero attached hydrogens (tertiary/aromatic N) is 1. The molecular weight excluding hydrogens is 227 g/mol. The maximum absolute atomic E-state index is 13.5. The van der Waals surface area contributed by atoms with E-state index in [0.717, 1.165) is 19.4 Å². The van der Waals surface area contributed by atoms with Crippen molar-refractivity contribution in [3.8, 4) is 5.75 Å². The minimum atomic E-state index is -0.690. The first-order chi connectivity index (χ1) is 8.18. The fraction of sp³-hybridized carbons (Fsp3) is 0.455. The van der Waals surface area contributed by atoms with Gasteiger partial charge in [0, 0.05) is 12.6 Å². The van der Waals surface area contributed by atoms with Crippen LogP contribution in [0.4, 0.5) is 10.1 Å². The Labute approximate surface area is 97.7 Å². The molecule has 0 aliphatic carbocycles. The minimum Gasteiger partial charge on any atom is -0.480 e. The number of hydrogen-bond acceptors (Lipinski definition) is 4. The van der Waals surface area contributed by atoms with Gasteiger partial charge < -0.3 is 10.1 Å². The van der Waals surface area contributed by atoms with Crippen LogP contribution in [0.5, 0.6) is 5.75 Å². The maximum atomic E-state index is 13.5. The molecule has 0 bridgehead atoms. The number of ether oxygens (including phenoxy) is 1. The van der Waals surface area contributed by atoms with Gasteiger partial charge in [-0.1, -0.05) is 6.07 Å². The summed E-state index contributed by atoms with van der Waals surface area (Å²) in [6.07, 6.45) is 1.49. The second-order valence-corrected chi connectivity index (χ2v) is 3.93. The SMILES string of the molecule is O=[N+]([O-])c1cccc(F)c1OC1CCCNC1. The van der Waals surface area contributed by atoms with Crippen molar-refractivity contribution in [2.45, 2.75) is 18.9 Å². The average Bonchev–Trinajstić information content (AvgIpc) is 2.33. The Morgan fingerprint density at radius 2 is 2.35 bits per heavy atom. The van der Waals surface area contributed by atoms with E-state index in [2.05, 4.69) is 5.32 Å². The fourth-order valence-electron chi connectivity index (χ4n) is 1.85. The van der Waals surface area contributed by atoms with Crippen molar-refractivity contribution in [1.82, 2.24) is 5.32 Å². The number of hydrogen-bond donors (Lipinski definition) is 1. The Hall–Kier alpha value is -1.69. The Morgan fingerprint density at radius 3 is 3.00 bits per heavy atom. The monoisotopic (exact) mass is 240 g/mol. The van der Waals surface area contributed by atoms with E-state index in [-0.39, 0.29) is 17.5 Å². The third-order valence-corrected chi connectivity index (χ3v) is 2.68. The summed E-state index contributed by atoms with van der Waals surface area (Å²) in [5, 5.41) is 13.9. The number of piperidine rings is 1. The summed E-state index contributed by atoms with van der Waals surface area (Å²) in [4.78, 5) is 10.1. The van der Waals surface area contributed by atoms with Gasteiger partial charge >= 0.3 is 5.69 Å². The Morgan fingerprint density at radius 1 is 1.53 bits per heavy atom. The van der Waals surface area contributed by atoms with Crippen LogP contribution < -0.4 is 10.1 Å². The van der Waals surface area contributed by atoms with Crippen molar-refractivity contribution < 1.29 is 14.1 Å². The molecule has 1 atom stereocenters. The number of nitrogens with one attached hydrogen (secondary N) is 1. The first-order valence-electron chi connectivity index (χ1n) is 5.49. The standard InChI is InChI=1S/C11H13FN2O3/c12-9-4-1-5-10(14(15)16)11(9)17-8-3-2-6-13-7-8/h1,4-5,8,13H,2-3,6-7H2. The molecule has 92 valence electrons. The van der Waals surface area contributed by atoms with E-state index >= 15 is 0 Å². The van der Waals surface area contributed by atoms with Crippen molar-refractivity contribution in [3.63, 3.8) is 0 Å². The van der Waals surface area contributed by atoms with Crippen molar-refractivity contribution >= 4 is 5.69 Å². The van der Waals surface area contributed by atoms with E-state index < -0.39 is 10.7 Å². The maximum Gasteiger partial charge on any atom is 0.314 e. The van der Waals surface area contributed by atoms with E-state index in [1.807, 2.05) is 0 Å². The molecule has 1 unspecified atom stereocenters. The van der Waals surface area contributed by atoms with Crippen LogP contribution in [0, 0.1) is 15.9 Å². The predicted molar refractivity (Wildman–Crippen MR) is 59.6 cm³/mol. The van der Waals surface area contributed by atoms with Gasteiger partial charge in [0.15, 0.2) is 5.82 Å². The molecule has 2 rings (SSSR count). The zero-order valence-corrected chi connectivity index (χ0v) is 9.19. The van der Waals surface area contributed by atoms with E-state index in [9.17, 15) is 14.5 Å². The van der Waals surface area contributed by atoms with Crippen LogP contribution in [-0.2, 0) is 0 Å². The topological polar surface area (TPSA) is 64.4 Å². The molecule has 1 saturated heterocycles. The summed E-state index contributed by atoms with van der Waals surface area (Å²) >= 11 is 0. The third kappa shape index (κ3) is 2.71. The highest BCUT2D eigenvalue weighted by Gasteiger charge is 2.23. The minimum absolute atomic E-state index is 0.209. The predicted octanol–water partition coefficient (Wildman–Crippen LogP) is 1.86. The Bertz CT molecular complexity index is 419. The molecule has 0 spiro atoms. The van der Waals surface area contributed by atoms with Gasteiger partial charge in [-0.3, -0.25) is 10.1 Å². The van der Waals surface area contributed by atoms with Crippen LogP contribution in [0.3, 0.4) is 0 Å². The number of halogens is 1. The molecule has 1 heterocycles. The first-order valence-corrected chi connectivity index (χ1v) is 5.49. The molecule has 0 amide bonds. The molecule has 1 N–H and O–H groups in total. The van der Waals surface area contributed by atoms with Crippen molar-refractivity contribution in [1.29, 1.82) is 0 Å². The summed E-state index contributed by atoms with van der Waals surface area (Å²) in [7, 11) is 0. The normalized spacial score (nSPS) is 19.9. The van der Waals surface area contributed by atoms with Gasteiger partial charge in [0.25, 0.3) is 0 Å². The molecule has 0 radical (unpaired) electrons. The number of rotatable bonds is 3. The quantitative estimate of drug-likeness (QED) is 0.647. The van der Waals surface area contributed by atoms with Gasteiger partial charge in [-0.05, 0) is 25.5 Å². The fourth-order valence-corrected chi connectivity index (χ4v) is 1.85. The highest BCUT2D eigenvalue weighted by Crippen LogP contribution is 2.31. The summed E-state index contributed by atoms with van der Waals surface area (Å²) < 4.78 is 18.9. The molecule has 6 heteroatoms. The van der Waals surface area contributed by atoms with E-state index in [1.165, 1.54) is 18.2 Å². The zero-order chi connectivity index (χ0) is 12.3. The van der Waals surface area contributed by atoms with E-state index in [0.29, 0.717) is 6.54 Å². The van der Waals surface area contributed by atoms with E-state index in [1.54, 1.807) is 0 Å². The largest absolute Gasteiger partial charge is 0.480 e. The van der Waals surface area contributed by atoms with Gasteiger partial charge in [0.2, 0.25) is 5.75 Å². The molecule has 1 aromatic carbocycles. The molecule has 5 nitrogen and oxygen atoms in total. The van der Waals surface area contributed by atoms with Crippen LogP contribution >= 0.6 is 0 Å². The summed E-state index contributed by atoms with van der Waals surface area (Å²) in [5.41, 5.74) is -0.324. The summed E-state index contributed by atoms with van der Waals surface area (Å²) in [6, 6.07) is 3.71. The molecular formula is C11H13FN2O3. The van der Waals surface area contributed by atoms with Crippen molar-refractivity contribution in [2.24, 2.45) is 0 Å². The first kappa shape index (κ1) is 11.8. The Balaban J connectivity index is 2.21. The van der Waals surface area contributed by atoms with Crippen LogP contribution in [0.15, 0.2) is 18.2 Å². The number of benzene rings is 1. The molecule has 1 aliphatic heterocycles. The molecule has 0 aromatic heterocycles. The third-order valence-electron chi connectivity index (χ3n) is 2.68. The highest BCUT2D eigenvalue weighted by atomic mass is 19.1. The molecule has 1 aromatic rings.